The largest absolute Gasteiger partial charge is 0.398 e. The van der Waals surface area contributed by atoms with Crippen LogP contribution in [0.1, 0.15) is 86.5 Å². The van der Waals surface area contributed by atoms with Crippen LogP contribution in [0.3, 0.4) is 0 Å². The van der Waals surface area contributed by atoms with E-state index in [0.717, 1.165) is 58.1 Å². The molecule has 8 fully saturated rings. The van der Waals surface area contributed by atoms with Crippen molar-refractivity contribution in [1.82, 2.24) is 6.15 Å². The number of anilines is 1. The van der Waals surface area contributed by atoms with Gasteiger partial charge in [0.05, 0.1) is 0 Å². The van der Waals surface area contributed by atoms with E-state index < -0.39 is 0 Å². The quantitative estimate of drug-likeness (QED) is 0.188. The highest BCUT2D eigenvalue weighted by Crippen LogP contribution is 2.71. The first-order valence-electron chi connectivity index (χ1n) is 18.4. The zero-order chi connectivity index (χ0) is 30.4. The minimum atomic E-state index is 0. The van der Waals surface area contributed by atoms with E-state index in [-0.39, 0.29) is 17.0 Å². The zero-order valence-corrected chi connectivity index (χ0v) is 28.2. The number of halogens is 1. The lowest BCUT2D eigenvalue weighted by molar-refractivity contribution is -0.0399. The highest BCUT2D eigenvalue weighted by Gasteiger charge is 2.63. The Morgan fingerprint density at radius 3 is 1.32 bits per heavy atom. The summed E-state index contributed by atoms with van der Waals surface area (Å²) in [6.45, 7) is 0. The molecule has 47 heavy (non-hydrogen) atoms. The highest BCUT2D eigenvalue weighted by atomic mass is 35.5. The molecule has 0 amide bonds. The molecule has 8 saturated carbocycles. The van der Waals surface area contributed by atoms with Crippen molar-refractivity contribution < 1.29 is 0 Å². The number of hydrogen-bond acceptors (Lipinski definition) is 2. The fourth-order valence-corrected chi connectivity index (χ4v) is 14.7. The van der Waals surface area contributed by atoms with E-state index in [1.807, 2.05) is 0 Å². The van der Waals surface area contributed by atoms with Crippen molar-refractivity contribution >= 4 is 17.3 Å². The highest BCUT2D eigenvalue weighted by molar-refractivity contribution is 6.33. The maximum atomic E-state index is 6.69. The van der Waals surface area contributed by atoms with Crippen molar-refractivity contribution in [2.75, 3.05) is 5.73 Å². The molecule has 0 unspecified atom stereocenters. The van der Waals surface area contributed by atoms with Gasteiger partial charge < -0.3 is 11.9 Å². The van der Waals surface area contributed by atoms with Crippen LogP contribution in [0.5, 0.6) is 0 Å². The minimum absolute atomic E-state index is 0. The van der Waals surface area contributed by atoms with Crippen LogP contribution < -0.4 is 11.9 Å². The average molecular weight is 639 g/mol. The standard InChI is InChI=1S/C22H21Cl.C22H23N.H3N/c2*23-20-7-3-6-19-21(20)17-4-1-2-5-18(17)22(19)15-9-13-8-14(11-15)12-16(22)10-13;/h1-7,13-16H,8-12H2;1-7,13-16H,8-12,23H2;1H3. The Labute approximate surface area is 285 Å². The Bertz CT molecular complexity index is 1730. The van der Waals surface area contributed by atoms with Crippen LogP contribution in [0.15, 0.2) is 84.9 Å². The molecule has 10 aliphatic rings. The van der Waals surface area contributed by atoms with Crippen LogP contribution in [0.4, 0.5) is 5.69 Å². The normalized spacial score (nSPS) is 38.0. The summed E-state index contributed by atoms with van der Waals surface area (Å²) < 4.78 is 0. The van der Waals surface area contributed by atoms with Gasteiger partial charge in [0, 0.05) is 32.7 Å². The first-order chi connectivity index (χ1) is 22.6. The van der Waals surface area contributed by atoms with Crippen molar-refractivity contribution in [3.63, 3.8) is 0 Å². The summed E-state index contributed by atoms with van der Waals surface area (Å²) in [5.74, 6) is 7.34. The Balaban J connectivity index is 0.000000119. The van der Waals surface area contributed by atoms with Crippen LogP contribution in [-0.4, -0.2) is 0 Å². The number of nitrogens with two attached hydrogens (primary N) is 1. The fourth-order valence-electron chi connectivity index (χ4n) is 14.4. The second kappa shape index (κ2) is 9.99. The van der Waals surface area contributed by atoms with Gasteiger partial charge in [-0.1, -0.05) is 84.4 Å². The molecule has 0 atom stereocenters. The predicted octanol–water partition coefficient (Wildman–Crippen LogP) is 11.2. The van der Waals surface area contributed by atoms with Crippen molar-refractivity contribution in [1.29, 1.82) is 0 Å². The summed E-state index contributed by atoms with van der Waals surface area (Å²) in [5, 5.41) is 0.945. The lowest BCUT2D eigenvalue weighted by atomic mass is 9.43. The summed E-state index contributed by atoms with van der Waals surface area (Å²) in [6, 6.07) is 31.6. The SMILES string of the molecule is Clc1cccc2c1-c1ccccc1C21C2CC3CC(C2)CC1C3.N.Nc1cccc2c1-c1ccccc1C21C2CC3CC(C2)CC1C3. The Morgan fingerprint density at radius 1 is 0.447 bits per heavy atom. The molecule has 0 saturated heterocycles. The van der Waals surface area contributed by atoms with Crippen molar-refractivity contribution in [2.45, 2.75) is 75.0 Å². The summed E-state index contributed by atoms with van der Waals surface area (Å²) in [6.07, 6.45) is 14.5. The minimum Gasteiger partial charge on any atom is -0.398 e. The average Bonchev–Trinajstić information content (AvgIpc) is 3.53. The first-order valence-corrected chi connectivity index (χ1v) is 18.8. The molecule has 10 aliphatic carbocycles. The maximum absolute atomic E-state index is 6.69. The molecule has 5 N–H and O–H groups in total. The third kappa shape index (κ3) is 3.52. The first kappa shape index (κ1) is 28.9. The molecule has 0 heterocycles. The second-order valence-corrected chi connectivity index (χ2v) is 17.3. The van der Waals surface area contributed by atoms with Crippen LogP contribution in [0.2, 0.25) is 5.02 Å². The van der Waals surface area contributed by atoms with Crippen molar-refractivity contribution in [3.05, 3.63) is 112 Å². The summed E-state index contributed by atoms with van der Waals surface area (Å²) in [4.78, 5) is 0. The number of fused-ring (bicyclic) bond motifs is 6. The van der Waals surface area contributed by atoms with E-state index in [2.05, 4.69) is 84.9 Å². The van der Waals surface area contributed by atoms with E-state index in [4.69, 9.17) is 17.3 Å². The number of hydrogen-bond donors (Lipinski definition) is 2. The Kier molecular flexibility index (Phi) is 6.14. The summed E-state index contributed by atoms with van der Waals surface area (Å²) in [5.41, 5.74) is 19.8. The molecular formula is C44H47ClN2. The van der Waals surface area contributed by atoms with E-state index in [1.165, 1.54) is 86.5 Å². The molecule has 2 spiro atoms. The lowest BCUT2D eigenvalue weighted by Gasteiger charge is -2.61. The van der Waals surface area contributed by atoms with Gasteiger partial charge in [0.25, 0.3) is 0 Å². The molecule has 0 aliphatic heterocycles. The van der Waals surface area contributed by atoms with Gasteiger partial charge >= 0.3 is 0 Å². The molecule has 2 nitrogen and oxygen atoms in total. The van der Waals surface area contributed by atoms with Crippen LogP contribution in [0.25, 0.3) is 22.3 Å². The van der Waals surface area contributed by atoms with E-state index in [0.29, 0.717) is 0 Å². The zero-order valence-electron chi connectivity index (χ0n) is 27.4. The van der Waals surface area contributed by atoms with E-state index in [9.17, 15) is 0 Å². The smallest absolute Gasteiger partial charge is 0.0487 e. The lowest BCUT2D eigenvalue weighted by Crippen LogP contribution is -2.55. The van der Waals surface area contributed by atoms with Crippen LogP contribution in [0, 0.1) is 47.3 Å². The van der Waals surface area contributed by atoms with Gasteiger partial charge in [-0.15, -0.1) is 0 Å². The van der Waals surface area contributed by atoms with Crippen LogP contribution >= 0.6 is 11.6 Å². The maximum Gasteiger partial charge on any atom is 0.0487 e. The second-order valence-electron chi connectivity index (χ2n) is 16.9. The van der Waals surface area contributed by atoms with Crippen molar-refractivity contribution in [2.24, 2.45) is 47.3 Å². The van der Waals surface area contributed by atoms with Gasteiger partial charge in [0.2, 0.25) is 0 Å². The molecular weight excluding hydrogens is 592 g/mol. The Morgan fingerprint density at radius 2 is 0.830 bits per heavy atom. The van der Waals surface area contributed by atoms with Crippen LogP contribution in [-0.2, 0) is 10.8 Å². The fraction of sp³-hybridized carbons (Fsp3) is 0.455. The molecule has 4 aromatic carbocycles. The molecule has 0 radical (unpaired) electrons. The predicted molar refractivity (Wildman–Crippen MR) is 194 cm³/mol. The van der Waals surface area contributed by atoms with Crippen molar-refractivity contribution in [3.8, 4) is 22.3 Å². The molecule has 3 heteroatoms. The van der Waals surface area contributed by atoms with E-state index in [1.54, 1.807) is 22.3 Å². The van der Waals surface area contributed by atoms with Gasteiger partial charge in [0.1, 0.15) is 0 Å². The van der Waals surface area contributed by atoms with Gasteiger partial charge in [-0.2, -0.15) is 0 Å². The third-order valence-corrected chi connectivity index (χ3v) is 15.5. The molecule has 0 aromatic heterocycles. The molecule has 8 bridgehead atoms. The topological polar surface area (TPSA) is 61.0 Å². The number of rotatable bonds is 0. The summed E-state index contributed by atoms with van der Waals surface area (Å²) in [7, 11) is 0. The monoisotopic (exact) mass is 638 g/mol. The van der Waals surface area contributed by atoms with Gasteiger partial charge in [-0.3, -0.25) is 0 Å². The molecule has 14 rings (SSSR count). The Hall–Kier alpha value is -3.07. The third-order valence-electron chi connectivity index (χ3n) is 15.1. The van der Waals surface area contributed by atoms with Gasteiger partial charge in [-0.05, 0) is 157 Å². The molecule has 240 valence electrons. The number of benzene rings is 4. The van der Waals surface area contributed by atoms with E-state index >= 15 is 0 Å². The van der Waals surface area contributed by atoms with Gasteiger partial charge in [-0.25, -0.2) is 0 Å². The summed E-state index contributed by atoms with van der Waals surface area (Å²) >= 11 is 6.69. The molecule has 4 aromatic rings. The van der Waals surface area contributed by atoms with Gasteiger partial charge in [0.15, 0.2) is 0 Å². The number of nitrogen functional groups attached to an aromatic ring is 1.